The number of hydrogen-bond acceptors (Lipinski definition) is 4. The van der Waals surface area contributed by atoms with Crippen molar-refractivity contribution >= 4 is 21.8 Å². The number of hydrogen-bond donors (Lipinski definition) is 1. The predicted molar refractivity (Wildman–Crippen MR) is 85.6 cm³/mol. The van der Waals surface area contributed by atoms with Crippen molar-refractivity contribution < 1.29 is 8.42 Å². The maximum Gasteiger partial charge on any atom is 0.240 e. The molecule has 1 fully saturated rings. The zero-order valence-electron chi connectivity index (χ0n) is 12.1. The Hall–Kier alpha value is -1.03. The van der Waals surface area contributed by atoms with Crippen molar-refractivity contribution in [1.29, 1.82) is 5.26 Å². The predicted octanol–water partition coefficient (Wildman–Crippen LogP) is 2.71. The number of nitrogens with zero attached hydrogens (tertiary/aromatic N) is 1. The summed E-state index contributed by atoms with van der Waals surface area (Å²) in [6.45, 7) is 0. The Morgan fingerprint density at radius 2 is 1.95 bits per heavy atom. The van der Waals surface area contributed by atoms with Crippen LogP contribution in [0.25, 0.3) is 0 Å². The molecule has 0 bridgehead atoms. The highest BCUT2D eigenvalue weighted by atomic mass is 32.2. The molecule has 1 aliphatic rings. The highest BCUT2D eigenvalue weighted by Crippen LogP contribution is 2.28. The van der Waals surface area contributed by atoms with Crippen LogP contribution in [-0.2, 0) is 16.4 Å². The van der Waals surface area contributed by atoms with Crippen LogP contribution in [0.15, 0.2) is 29.2 Å². The zero-order valence-corrected chi connectivity index (χ0v) is 13.7. The first-order valence-corrected chi connectivity index (χ1v) is 9.85. The van der Waals surface area contributed by atoms with E-state index < -0.39 is 10.0 Å². The molecule has 114 valence electrons. The number of nitriles is 1. The molecule has 2 unspecified atom stereocenters. The van der Waals surface area contributed by atoms with Crippen LogP contribution in [0.2, 0.25) is 0 Å². The fourth-order valence-corrected chi connectivity index (χ4v) is 4.99. The van der Waals surface area contributed by atoms with Crippen molar-refractivity contribution in [2.75, 3.05) is 6.26 Å². The van der Waals surface area contributed by atoms with Gasteiger partial charge in [0, 0.05) is 11.3 Å². The first kappa shape index (κ1) is 16.3. The van der Waals surface area contributed by atoms with E-state index in [2.05, 4.69) is 10.8 Å². The van der Waals surface area contributed by atoms with Crippen molar-refractivity contribution in [2.45, 2.75) is 48.3 Å². The normalized spacial score (nSPS) is 22.7. The largest absolute Gasteiger partial charge is 0.240 e. The third-order valence-corrected chi connectivity index (χ3v) is 6.50. The van der Waals surface area contributed by atoms with E-state index in [1.54, 1.807) is 36.0 Å². The Morgan fingerprint density at radius 3 is 2.57 bits per heavy atom. The Balaban J connectivity index is 2.12. The van der Waals surface area contributed by atoms with Crippen LogP contribution in [0.3, 0.4) is 0 Å². The molecule has 1 aromatic rings. The lowest BCUT2D eigenvalue weighted by molar-refractivity contribution is 0.423. The molecular weight excluding hydrogens is 304 g/mol. The van der Waals surface area contributed by atoms with E-state index in [-0.39, 0.29) is 10.9 Å². The molecule has 0 heterocycles. The lowest BCUT2D eigenvalue weighted by Gasteiger charge is -2.30. The SMILES string of the molecule is CSC1CCCCC1NS(=O)(=O)c1ccc(CC#N)cc1. The van der Waals surface area contributed by atoms with Gasteiger partial charge in [0.25, 0.3) is 0 Å². The minimum atomic E-state index is -3.48. The Kier molecular flexibility index (Phi) is 5.68. The lowest BCUT2D eigenvalue weighted by Crippen LogP contribution is -2.43. The average Bonchev–Trinajstić information content (AvgIpc) is 2.48. The molecular formula is C15H20N2O2S2. The van der Waals surface area contributed by atoms with Crippen LogP contribution in [0.5, 0.6) is 0 Å². The first-order chi connectivity index (χ1) is 10.1. The molecule has 1 aromatic carbocycles. The fourth-order valence-electron chi connectivity index (χ4n) is 2.66. The molecule has 1 saturated carbocycles. The second-order valence-electron chi connectivity index (χ2n) is 5.27. The van der Waals surface area contributed by atoms with Gasteiger partial charge in [-0.3, -0.25) is 0 Å². The van der Waals surface area contributed by atoms with Crippen LogP contribution < -0.4 is 4.72 Å². The molecule has 2 rings (SSSR count). The molecule has 0 spiro atoms. The van der Waals surface area contributed by atoms with Crippen molar-refractivity contribution in [3.8, 4) is 6.07 Å². The van der Waals surface area contributed by atoms with Gasteiger partial charge in [-0.25, -0.2) is 13.1 Å². The second kappa shape index (κ2) is 7.30. The van der Waals surface area contributed by atoms with Gasteiger partial charge in [-0.1, -0.05) is 25.0 Å². The van der Waals surface area contributed by atoms with Crippen LogP contribution >= 0.6 is 11.8 Å². The molecule has 21 heavy (non-hydrogen) atoms. The van der Waals surface area contributed by atoms with Gasteiger partial charge < -0.3 is 0 Å². The number of sulfonamides is 1. The summed E-state index contributed by atoms with van der Waals surface area (Å²) in [7, 11) is -3.48. The van der Waals surface area contributed by atoms with E-state index in [1.807, 2.05) is 6.26 Å². The number of benzene rings is 1. The summed E-state index contributed by atoms with van der Waals surface area (Å²) >= 11 is 1.74. The molecule has 4 nitrogen and oxygen atoms in total. The number of rotatable bonds is 5. The van der Waals surface area contributed by atoms with Crippen LogP contribution in [0, 0.1) is 11.3 Å². The first-order valence-electron chi connectivity index (χ1n) is 7.08. The van der Waals surface area contributed by atoms with E-state index in [9.17, 15) is 8.42 Å². The van der Waals surface area contributed by atoms with Crippen LogP contribution in [0.1, 0.15) is 31.2 Å². The Bertz CT molecular complexity index is 606. The van der Waals surface area contributed by atoms with Gasteiger partial charge >= 0.3 is 0 Å². The molecule has 0 aromatic heterocycles. The van der Waals surface area contributed by atoms with Crippen molar-refractivity contribution in [1.82, 2.24) is 4.72 Å². The smallest absolute Gasteiger partial charge is 0.207 e. The standard InChI is InChI=1S/C15H20N2O2S2/c1-20-15-5-3-2-4-14(15)17-21(18,19)13-8-6-12(7-9-13)10-11-16/h6-9,14-15,17H,2-5,10H2,1H3. The van der Waals surface area contributed by atoms with E-state index in [0.29, 0.717) is 11.7 Å². The van der Waals surface area contributed by atoms with Gasteiger partial charge in [0.05, 0.1) is 17.4 Å². The minimum absolute atomic E-state index is 0.0116. The van der Waals surface area contributed by atoms with Gasteiger partial charge in [0.15, 0.2) is 0 Å². The molecule has 0 amide bonds. The molecule has 0 saturated heterocycles. The highest BCUT2D eigenvalue weighted by Gasteiger charge is 2.28. The summed E-state index contributed by atoms with van der Waals surface area (Å²) in [4.78, 5) is 0.273. The number of thioether (sulfide) groups is 1. The summed E-state index contributed by atoms with van der Waals surface area (Å²) in [5.74, 6) is 0. The fraction of sp³-hybridized carbons (Fsp3) is 0.533. The van der Waals surface area contributed by atoms with Gasteiger partial charge in [-0.05, 0) is 36.8 Å². The summed E-state index contributed by atoms with van der Waals surface area (Å²) in [6.07, 6.45) is 6.55. The third-order valence-electron chi connectivity index (χ3n) is 3.83. The average molecular weight is 324 g/mol. The summed E-state index contributed by atoms with van der Waals surface area (Å²) in [5, 5.41) is 8.99. The summed E-state index contributed by atoms with van der Waals surface area (Å²) in [6, 6.07) is 8.61. The van der Waals surface area contributed by atoms with Crippen molar-refractivity contribution in [2.24, 2.45) is 0 Å². The number of nitrogens with one attached hydrogen (secondary N) is 1. The zero-order chi connectivity index (χ0) is 15.3. The van der Waals surface area contributed by atoms with E-state index in [4.69, 9.17) is 5.26 Å². The molecule has 1 N–H and O–H groups in total. The van der Waals surface area contributed by atoms with Gasteiger partial charge in [-0.2, -0.15) is 17.0 Å². The van der Waals surface area contributed by atoms with Crippen molar-refractivity contribution in [3.63, 3.8) is 0 Å². The van der Waals surface area contributed by atoms with Gasteiger partial charge in [-0.15, -0.1) is 0 Å². The highest BCUT2D eigenvalue weighted by molar-refractivity contribution is 7.99. The van der Waals surface area contributed by atoms with E-state index in [0.717, 1.165) is 24.8 Å². The Labute approximate surface area is 131 Å². The van der Waals surface area contributed by atoms with Crippen LogP contribution in [-0.4, -0.2) is 26.0 Å². The Morgan fingerprint density at radius 1 is 1.29 bits per heavy atom. The third kappa shape index (κ3) is 4.22. The molecule has 1 aliphatic carbocycles. The minimum Gasteiger partial charge on any atom is -0.207 e. The second-order valence-corrected chi connectivity index (χ2v) is 8.06. The molecule has 2 atom stereocenters. The van der Waals surface area contributed by atoms with Crippen LogP contribution in [0.4, 0.5) is 0 Å². The quantitative estimate of drug-likeness (QED) is 0.904. The molecule has 0 radical (unpaired) electrons. The summed E-state index contributed by atoms with van der Waals surface area (Å²) < 4.78 is 27.7. The maximum atomic E-state index is 12.4. The van der Waals surface area contributed by atoms with Gasteiger partial charge in [0.1, 0.15) is 0 Å². The monoisotopic (exact) mass is 324 g/mol. The van der Waals surface area contributed by atoms with Crippen molar-refractivity contribution in [3.05, 3.63) is 29.8 Å². The summed E-state index contributed by atoms with van der Waals surface area (Å²) in [5.41, 5.74) is 0.830. The lowest BCUT2D eigenvalue weighted by atomic mass is 9.96. The molecule has 6 heteroatoms. The van der Waals surface area contributed by atoms with E-state index >= 15 is 0 Å². The maximum absolute atomic E-state index is 12.4. The molecule has 0 aliphatic heterocycles. The van der Waals surface area contributed by atoms with E-state index in [1.165, 1.54) is 6.42 Å². The topological polar surface area (TPSA) is 70.0 Å². The van der Waals surface area contributed by atoms with Gasteiger partial charge in [0.2, 0.25) is 10.0 Å².